The highest BCUT2D eigenvalue weighted by Gasteiger charge is 2.27. The number of urea groups is 1. The van der Waals surface area contributed by atoms with Crippen molar-refractivity contribution in [3.05, 3.63) is 53.6 Å². The lowest BCUT2D eigenvalue weighted by Crippen LogP contribution is -2.44. The Kier molecular flexibility index (Phi) is 6.41. The summed E-state index contributed by atoms with van der Waals surface area (Å²) in [6.45, 7) is 4.54. The van der Waals surface area contributed by atoms with Crippen LogP contribution in [-0.2, 0) is 13.0 Å². The summed E-state index contributed by atoms with van der Waals surface area (Å²) in [4.78, 5) is 38.4. The number of carbonyl (C=O) groups excluding carboxylic acids is 2. The maximum Gasteiger partial charge on any atom is 0.320 e. The van der Waals surface area contributed by atoms with Crippen molar-refractivity contribution in [1.82, 2.24) is 34.5 Å². The number of rotatable bonds is 5. The van der Waals surface area contributed by atoms with Gasteiger partial charge in [-0.15, -0.1) is 10.2 Å². The number of nitrogens with one attached hydrogen (secondary N) is 1. The van der Waals surface area contributed by atoms with Crippen LogP contribution in [-0.4, -0.2) is 77.8 Å². The summed E-state index contributed by atoms with van der Waals surface area (Å²) in [6.07, 6.45) is 6.10. The smallest absolute Gasteiger partial charge is 0.320 e. The van der Waals surface area contributed by atoms with E-state index in [1.807, 2.05) is 16.7 Å². The third kappa shape index (κ3) is 4.72. The van der Waals surface area contributed by atoms with Crippen LogP contribution in [0, 0.1) is 0 Å². The fourth-order valence-corrected chi connectivity index (χ4v) is 4.48. The van der Waals surface area contributed by atoms with Crippen LogP contribution in [0.4, 0.5) is 10.6 Å². The maximum atomic E-state index is 13.0. The molecule has 0 unspecified atom stereocenters. The van der Waals surface area contributed by atoms with Gasteiger partial charge in [0.15, 0.2) is 5.82 Å². The number of nitrogens with zero attached hydrogens (tertiary/aromatic N) is 7. The molecule has 1 atom stereocenters. The highest BCUT2D eigenvalue weighted by molar-refractivity contribution is 6.02. The van der Waals surface area contributed by atoms with E-state index in [-0.39, 0.29) is 30.3 Å². The molecule has 0 bridgehead atoms. The summed E-state index contributed by atoms with van der Waals surface area (Å²) >= 11 is 0. The van der Waals surface area contributed by atoms with Gasteiger partial charge in [0, 0.05) is 32.4 Å². The Hall–Kier alpha value is -3.86. The molecule has 2 aliphatic heterocycles. The molecule has 11 heteroatoms. The number of aliphatic hydroxyl groups excluding tert-OH is 1. The van der Waals surface area contributed by atoms with Gasteiger partial charge >= 0.3 is 6.03 Å². The molecule has 2 N–H and O–H groups in total. The number of anilines is 1. The van der Waals surface area contributed by atoms with E-state index >= 15 is 0 Å². The number of amides is 3. The molecule has 0 aliphatic carbocycles. The third-order valence-corrected chi connectivity index (χ3v) is 6.51. The van der Waals surface area contributed by atoms with Crippen LogP contribution in [0.2, 0.25) is 0 Å². The molecule has 1 fully saturated rings. The van der Waals surface area contributed by atoms with Gasteiger partial charge < -0.3 is 24.8 Å². The first-order valence-electron chi connectivity index (χ1n) is 11.8. The molecular formula is C24H28N8O3. The SMILES string of the molecule is C[C@H](CO)n1cnnc1-c1cccc(NC(=O)c2cc3c(cn2)CCN(C(=O)N2CCCC2)C3)n1. The van der Waals surface area contributed by atoms with Crippen LogP contribution in [0.15, 0.2) is 36.8 Å². The van der Waals surface area contributed by atoms with Crippen molar-refractivity contribution in [3.8, 4) is 11.5 Å². The highest BCUT2D eigenvalue weighted by Crippen LogP contribution is 2.23. The van der Waals surface area contributed by atoms with Gasteiger partial charge in [-0.2, -0.15) is 0 Å². The summed E-state index contributed by atoms with van der Waals surface area (Å²) in [5.41, 5.74) is 2.79. The Morgan fingerprint density at radius 1 is 1.14 bits per heavy atom. The lowest BCUT2D eigenvalue weighted by Gasteiger charge is -2.32. The first-order chi connectivity index (χ1) is 17.0. The van der Waals surface area contributed by atoms with E-state index < -0.39 is 0 Å². The van der Waals surface area contributed by atoms with E-state index in [0.717, 1.165) is 43.5 Å². The Morgan fingerprint density at radius 2 is 1.97 bits per heavy atom. The predicted octanol–water partition coefficient (Wildman–Crippen LogP) is 2.11. The first-order valence-corrected chi connectivity index (χ1v) is 11.8. The van der Waals surface area contributed by atoms with Gasteiger partial charge in [-0.3, -0.25) is 9.78 Å². The molecule has 0 aromatic carbocycles. The zero-order valence-electron chi connectivity index (χ0n) is 19.6. The minimum absolute atomic E-state index is 0.0630. The summed E-state index contributed by atoms with van der Waals surface area (Å²) in [5, 5.41) is 20.3. The molecule has 3 amide bonds. The van der Waals surface area contributed by atoms with Crippen molar-refractivity contribution >= 4 is 17.8 Å². The van der Waals surface area contributed by atoms with Crippen molar-refractivity contribution in [2.24, 2.45) is 0 Å². The number of pyridine rings is 2. The van der Waals surface area contributed by atoms with Crippen LogP contribution in [0.5, 0.6) is 0 Å². The van der Waals surface area contributed by atoms with Gasteiger partial charge in [0.05, 0.1) is 12.6 Å². The summed E-state index contributed by atoms with van der Waals surface area (Å²) < 4.78 is 1.73. The maximum absolute atomic E-state index is 13.0. The Balaban J connectivity index is 1.31. The number of aliphatic hydroxyl groups is 1. The molecule has 1 saturated heterocycles. The summed E-state index contributed by atoms with van der Waals surface area (Å²) in [6, 6.07) is 6.84. The normalized spacial score (nSPS) is 16.2. The number of likely N-dealkylation sites (tertiary alicyclic amines) is 1. The Morgan fingerprint density at radius 3 is 2.77 bits per heavy atom. The van der Waals surface area contributed by atoms with Crippen molar-refractivity contribution in [3.63, 3.8) is 0 Å². The molecule has 5 heterocycles. The third-order valence-electron chi connectivity index (χ3n) is 6.51. The molecule has 5 rings (SSSR count). The van der Waals surface area contributed by atoms with Crippen LogP contribution in [0.1, 0.15) is 47.4 Å². The second kappa shape index (κ2) is 9.79. The molecular weight excluding hydrogens is 448 g/mol. The molecule has 3 aromatic heterocycles. The minimum Gasteiger partial charge on any atom is -0.394 e. The molecule has 11 nitrogen and oxygen atoms in total. The zero-order valence-corrected chi connectivity index (χ0v) is 19.6. The van der Waals surface area contributed by atoms with Crippen LogP contribution < -0.4 is 5.32 Å². The van der Waals surface area contributed by atoms with Crippen LogP contribution in [0.3, 0.4) is 0 Å². The second-order valence-electron chi connectivity index (χ2n) is 8.94. The molecule has 0 spiro atoms. The molecule has 0 radical (unpaired) electrons. The lowest BCUT2D eigenvalue weighted by molar-refractivity contribution is 0.102. The Bertz CT molecular complexity index is 1240. The molecule has 35 heavy (non-hydrogen) atoms. The lowest BCUT2D eigenvalue weighted by atomic mass is 10.0. The summed E-state index contributed by atoms with van der Waals surface area (Å²) in [5.74, 6) is 0.465. The number of aromatic nitrogens is 5. The van der Waals surface area contributed by atoms with Gasteiger partial charge in [-0.05, 0) is 55.5 Å². The zero-order chi connectivity index (χ0) is 24.4. The monoisotopic (exact) mass is 476 g/mol. The van der Waals surface area contributed by atoms with E-state index in [1.54, 1.807) is 35.0 Å². The van der Waals surface area contributed by atoms with E-state index in [0.29, 0.717) is 30.4 Å². The average Bonchev–Trinajstić information content (AvgIpc) is 3.60. The quantitative estimate of drug-likeness (QED) is 0.577. The predicted molar refractivity (Wildman–Crippen MR) is 128 cm³/mol. The van der Waals surface area contributed by atoms with Crippen molar-refractivity contribution in [2.45, 2.75) is 38.8 Å². The molecule has 0 saturated carbocycles. The summed E-state index contributed by atoms with van der Waals surface area (Å²) in [7, 11) is 0. The van der Waals surface area contributed by atoms with E-state index in [4.69, 9.17) is 0 Å². The molecule has 182 valence electrons. The van der Waals surface area contributed by atoms with Crippen molar-refractivity contribution in [2.75, 3.05) is 31.6 Å². The fourth-order valence-electron chi connectivity index (χ4n) is 4.48. The van der Waals surface area contributed by atoms with Gasteiger partial charge in [-0.25, -0.2) is 9.78 Å². The van der Waals surface area contributed by atoms with Crippen molar-refractivity contribution < 1.29 is 14.7 Å². The number of fused-ring (bicyclic) bond motifs is 1. The van der Waals surface area contributed by atoms with E-state index in [9.17, 15) is 14.7 Å². The number of carbonyl (C=O) groups is 2. The van der Waals surface area contributed by atoms with Gasteiger partial charge in [-0.1, -0.05) is 6.07 Å². The van der Waals surface area contributed by atoms with Gasteiger partial charge in [0.2, 0.25) is 0 Å². The van der Waals surface area contributed by atoms with E-state index in [1.165, 1.54) is 6.33 Å². The molecule has 2 aliphatic rings. The topological polar surface area (TPSA) is 129 Å². The van der Waals surface area contributed by atoms with Crippen LogP contribution >= 0.6 is 0 Å². The van der Waals surface area contributed by atoms with Gasteiger partial charge in [0.1, 0.15) is 23.5 Å². The second-order valence-corrected chi connectivity index (χ2v) is 8.94. The standard InChI is InChI=1S/C24H28N8O3/c1-16(14-33)32-15-26-29-22(32)19-5-4-6-21(27-19)28-23(34)20-11-18-13-31(10-7-17(18)12-25-20)24(35)30-8-2-3-9-30/h4-6,11-12,15-16,33H,2-3,7-10,13-14H2,1H3,(H,27,28,34)/t16-/m1/s1. The highest BCUT2D eigenvalue weighted by atomic mass is 16.3. The van der Waals surface area contributed by atoms with Gasteiger partial charge in [0.25, 0.3) is 5.91 Å². The minimum atomic E-state index is -0.384. The van der Waals surface area contributed by atoms with Crippen molar-refractivity contribution in [1.29, 1.82) is 0 Å². The largest absolute Gasteiger partial charge is 0.394 e. The number of hydrogen-bond acceptors (Lipinski definition) is 7. The Labute approximate surface area is 202 Å². The fraction of sp³-hybridized carbons (Fsp3) is 0.417. The average molecular weight is 477 g/mol. The molecule has 3 aromatic rings. The van der Waals surface area contributed by atoms with Crippen LogP contribution in [0.25, 0.3) is 11.5 Å². The number of hydrogen-bond donors (Lipinski definition) is 2. The first kappa shape index (κ1) is 22.9. The van der Waals surface area contributed by atoms with E-state index in [2.05, 4.69) is 25.5 Å².